The zero-order chi connectivity index (χ0) is 11.5. The Bertz CT molecular complexity index is 463. The average molecular weight is 242 g/mol. The Morgan fingerprint density at radius 3 is 2.56 bits per heavy atom. The lowest BCUT2D eigenvalue weighted by molar-refractivity contribution is 0.162. The van der Waals surface area contributed by atoms with Gasteiger partial charge in [-0.05, 0) is 35.9 Å². The van der Waals surface area contributed by atoms with Crippen LogP contribution in [0.2, 0.25) is 5.22 Å². The fourth-order valence-corrected chi connectivity index (χ4v) is 1.57. The van der Waals surface area contributed by atoms with E-state index in [2.05, 4.69) is 0 Å². The second-order valence-corrected chi connectivity index (χ2v) is 3.73. The van der Waals surface area contributed by atoms with Crippen molar-refractivity contribution in [1.29, 1.82) is 0 Å². The summed E-state index contributed by atoms with van der Waals surface area (Å²) in [6.07, 6.45) is 0. The Kier molecular flexibility index (Phi) is 3.33. The van der Waals surface area contributed by atoms with Crippen molar-refractivity contribution in [3.8, 4) is 0 Å². The molecular formula is C11H12ClNO3. The zero-order valence-electron chi connectivity index (χ0n) is 8.77. The third-order valence-corrected chi connectivity index (χ3v) is 2.38. The van der Waals surface area contributed by atoms with Gasteiger partial charge in [-0.1, -0.05) is 0 Å². The molecule has 1 atom stereocenters. The van der Waals surface area contributed by atoms with Gasteiger partial charge in [0.05, 0.1) is 0 Å². The fraction of sp³-hybridized carbons (Fsp3) is 0.273. The van der Waals surface area contributed by atoms with Crippen LogP contribution in [0.4, 0.5) is 0 Å². The molecule has 0 fully saturated rings. The molecule has 1 unspecified atom stereocenters. The fourth-order valence-electron chi connectivity index (χ4n) is 1.42. The minimum Gasteiger partial charge on any atom is -0.461 e. The third-order valence-electron chi connectivity index (χ3n) is 2.18. The highest BCUT2D eigenvalue weighted by molar-refractivity contribution is 6.28. The van der Waals surface area contributed by atoms with E-state index >= 15 is 0 Å². The van der Waals surface area contributed by atoms with Crippen LogP contribution in [0.3, 0.4) is 0 Å². The highest BCUT2D eigenvalue weighted by atomic mass is 35.5. The maximum absolute atomic E-state index is 5.95. The maximum atomic E-state index is 5.95. The van der Waals surface area contributed by atoms with Gasteiger partial charge in [0.15, 0.2) is 5.22 Å². The zero-order valence-corrected chi connectivity index (χ0v) is 9.53. The van der Waals surface area contributed by atoms with Crippen LogP contribution in [-0.2, 0) is 11.3 Å². The van der Waals surface area contributed by atoms with E-state index < -0.39 is 6.04 Å². The highest BCUT2D eigenvalue weighted by Crippen LogP contribution is 2.25. The van der Waals surface area contributed by atoms with Crippen LogP contribution in [0.1, 0.15) is 23.3 Å². The first-order valence-corrected chi connectivity index (χ1v) is 5.17. The van der Waals surface area contributed by atoms with Crippen LogP contribution in [0.25, 0.3) is 0 Å². The predicted octanol–water partition coefficient (Wildman–Crippen LogP) is 2.72. The van der Waals surface area contributed by atoms with Crippen LogP contribution in [0.15, 0.2) is 33.1 Å². The Morgan fingerprint density at radius 2 is 1.94 bits per heavy atom. The van der Waals surface area contributed by atoms with E-state index in [1.165, 1.54) is 0 Å². The molecular weight excluding hydrogens is 230 g/mol. The third kappa shape index (κ3) is 2.29. The first-order chi connectivity index (χ1) is 7.70. The molecule has 2 aromatic heterocycles. The van der Waals surface area contributed by atoms with E-state index in [9.17, 15) is 0 Å². The van der Waals surface area contributed by atoms with Crippen LogP contribution < -0.4 is 5.73 Å². The molecule has 5 heteroatoms. The molecule has 16 heavy (non-hydrogen) atoms. The van der Waals surface area contributed by atoms with Gasteiger partial charge in [0.25, 0.3) is 0 Å². The molecule has 2 heterocycles. The second-order valence-electron chi connectivity index (χ2n) is 3.36. The van der Waals surface area contributed by atoms with Crippen LogP contribution in [0, 0.1) is 0 Å². The van der Waals surface area contributed by atoms with Gasteiger partial charge >= 0.3 is 0 Å². The summed E-state index contributed by atoms with van der Waals surface area (Å²) in [5, 5.41) is 0.314. The minimum absolute atomic E-state index is 0.314. The van der Waals surface area contributed by atoms with Crippen molar-refractivity contribution < 1.29 is 13.6 Å². The normalized spacial score (nSPS) is 12.9. The Labute approximate surface area is 97.9 Å². The molecule has 2 aromatic rings. The Hall–Kier alpha value is -1.23. The molecule has 0 aromatic carbocycles. The molecule has 0 bridgehead atoms. The number of furan rings is 2. The molecule has 4 nitrogen and oxygen atoms in total. The number of hydrogen-bond acceptors (Lipinski definition) is 4. The molecule has 2 N–H and O–H groups in total. The number of methoxy groups -OCH3 is 1. The lowest BCUT2D eigenvalue weighted by Crippen LogP contribution is -2.09. The first kappa shape index (κ1) is 11.3. The van der Waals surface area contributed by atoms with Crippen molar-refractivity contribution in [1.82, 2.24) is 0 Å². The summed E-state index contributed by atoms with van der Waals surface area (Å²) in [6, 6.07) is 6.55. The molecule has 86 valence electrons. The summed E-state index contributed by atoms with van der Waals surface area (Å²) in [5.74, 6) is 1.92. The van der Waals surface area contributed by atoms with Gasteiger partial charge in [0.1, 0.15) is 29.9 Å². The monoisotopic (exact) mass is 241 g/mol. The average Bonchev–Trinajstić information content (AvgIpc) is 2.87. The quantitative estimate of drug-likeness (QED) is 0.894. The van der Waals surface area contributed by atoms with Gasteiger partial charge in [0, 0.05) is 7.11 Å². The van der Waals surface area contributed by atoms with Crippen molar-refractivity contribution in [2.75, 3.05) is 7.11 Å². The molecule has 0 saturated heterocycles. The largest absolute Gasteiger partial charge is 0.461 e. The molecule has 0 spiro atoms. The second kappa shape index (κ2) is 4.74. The topological polar surface area (TPSA) is 61.5 Å². The maximum Gasteiger partial charge on any atom is 0.193 e. The van der Waals surface area contributed by atoms with E-state index in [0.29, 0.717) is 23.3 Å². The van der Waals surface area contributed by atoms with E-state index in [0.717, 1.165) is 5.76 Å². The minimum atomic E-state index is -0.446. The number of hydrogen-bond donors (Lipinski definition) is 1. The van der Waals surface area contributed by atoms with E-state index in [1.807, 2.05) is 6.07 Å². The van der Waals surface area contributed by atoms with Gasteiger partial charge in [-0.2, -0.15) is 0 Å². The Balaban J connectivity index is 2.17. The molecule has 0 aliphatic carbocycles. The standard InChI is InChI=1S/C11H12ClNO3/c1-14-6-7-2-3-8(15-7)11(13)9-4-5-10(12)16-9/h2-5,11H,6,13H2,1H3. The molecule has 0 aliphatic rings. The predicted molar refractivity (Wildman–Crippen MR) is 59.2 cm³/mol. The van der Waals surface area contributed by atoms with E-state index in [1.54, 1.807) is 25.3 Å². The van der Waals surface area contributed by atoms with Gasteiger partial charge in [0.2, 0.25) is 0 Å². The van der Waals surface area contributed by atoms with Crippen molar-refractivity contribution in [3.63, 3.8) is 0 Å². The van der Waals surface area contributed by atoms with Crippen LogP contribution >= 0.6 is 11.6 Å². The molecule has 2 rings (SSSR count). The van der Waals surface area contributed by atoms with Gasteiger partial charge in [-0.25, -0.2) is 0 Å². The van der Waals surface area contributed by atoms with Crippen LogP contribution in [-0.4, -0.2) is 7.11 Å². The molecule has 0 radical (unpaired) electrons. The number of ether oxygens (including phenoxy) is 1. The van der Waals surface area contributed by atoms with Gasteiger partial charge in [-0.15, -0.1) is 0 Å². The molecule has 0 amide bonds. The summed E-state index contributed by atoms with van der Waals surface area (Å²) in [4.78, 5) is 0. The van der Waals surface area contributed by atoms with Crippen molar-refractivity contribution >= 4 is 11.6 Å². The van der Waals surface area contributed by atoms with Crippen molar-refractivity contribution in [3.05, 3.63) is 46.8 Å². The smallest absolute Gasteiger partial charge is 0.193 e. The lowest BCUT2D eigenvalue weighted by atomic mass is 10.2. The summed E-state index contributed by atoms with van der Waals surface area (Å²) in [5.41, 5.74) is 5.95. The number of rotatable bonds is 4. The summed E-state index contributed by atoms with van der Waals surface area (Å²) >= 11 is 5.67. The van der Waals surface area contributed by atoms with Gasteiger partial charge in [-0.3, -0.25) is 0 Å². The van der Waals surface area contributed by atoms with Crippen LogP contribution in [0.5, 0.6) is 0 Å². The molecule has 0 aliphatic heterocycles. The SMILES string of the molecule is COCc1ccc(C(N)c2ccc(Cl)o2)o1. The van der Waals surface area contributed by atoms with E-state index in [4.69, 9.17) is 30.9 Å². The van der Waals surface area contributed by atoms with E-state index in [-0.39, 0.29) is 0 Å². The summed E-state index contributed by atoms with van der Waals surface area (Å²) in [7, 11) is 1.61. The Morgan fingerprint density at radius 1 is 1.25 bits per heavy atom. The first-order valence-electron chi connectivity index (χ1n) is 4.79. The number of halogens is 1. The number of nitrogens with two attached hydrogens (primary N) is 1. The molecule has 0 saturated carbocycles. The summed E-state index contributed by atoms with van der Waals surface area (Å²) in [6.45, 7) is 0.422. The summed E-state index contributed by atoms with van der Waals surface area (Å²) < 4.78 is 15.7. The van der Waals surface area contributed by atoms with Crippen molar-refractivity contribution in [2.24, 2.45) is 5.73 Å². The van der Waals surface area contributed by atoms with Crippen molar-refractivity contribution in [2.45, 2.75) is 12.6 Å². The lowest BCUT2D eigenvalue weighted by Gasteiger charge is -2.04. The van der Waals surface area contributed by atoms with Gasteiger partial charge < -0.3 is 19.3 Å². The highest BCUT2D eigenvalue weighted by Gasteiger charge is 2.16.